The molecule has 6 heteroatoms. The van der Waals surface area contributed by atoms with Gasteiger partial charge in [0.1, 0.15) is 0 Å². The number of benzene rings is 1. The lowest BCUT2D eigenvalue weighted by atomic mass is 9.97. The molecule has 1 aromatic heterocycles. The van der Waals surface area contributed by atoms with E-state index in [1.807, 2.05) is 24.3 Å². The zero-order valence-corrected chi connectivity index (χ0v) is 12.7. The van der Waals surface area contributed by atoms with Gasteiger partial charge in [-0.2, -0.15) is 0 Å². The molecular formula is C17H19N3O3. The molecule has 0 atom stereocenters. The van der Waals surface area contributed by atoms with Crippen molar-refractivity contribution in [1.29, 1.82) is 0 Å². The lowest BCUT2D eigenvalue weighted by molar-refractivity contribution is -0.145. The number of nitrogens with two attached hydrogens (primary N) is 1. The smallest absolute Gasteiger partial charge is 0.306 e. The van der Waals surface area contributed by atoms with Crippen molar-refractivity contribution in [2.24, 2.45) is 5.92 Å². The summed E-state index contributed by atoms with van der Waals surface area (Å²) in [4.78, 5) is 29.5. The standard InChI is InChI=1S/C17H19N3O3/c18-13-2-4-15-12(9-13)1-3-14(19-15)10-16(21)20-7-5-11(6-8-20)17(22)23/h1-4,9,11H,5-8,10,18H2,(H,22,23). The molecule has 1 aliphatic rings. The third-order valence-corrected chi connectivity index (χ3v) is 4.30. The molecule has 1 saturated heterocycles. The van der Waals surface area contributed by atoms with Crippen LogP contribution < -0.4 is 5.73 Å². The quantitative estimate of drug-likeness (QED) is 0.840. The number of carbonyl (C=O) groups is 2. The summed E-state index contributed by atoms with van der Waals surface area (Å²) in [7, 11) is 0. The van der Waals surface area contributed by atoms with Crippen molar-refractivity contribution in [3.05, 3.63) is 36.0 Å². The number of nitrogen functional groups attached to an aromatic ring is 1. The molecule has 1 amide bonds. The molecule has 120 valence electrons. The zero-order chi connectivity index (χ0) is 16.4. The minimum Gasteiger partial charge on any atom is -0.481 e. The second-order valence-corrected chi connectivity index (χ2v) is 5.92. The second-order valence-electron chi connectivity index (χ2n) is 5.92. The van der Waals surface area contributed by atoms with Gasteiger partial charge in [-0.1, -0.05) is 6.07 Å². The number of carboxylic acid groups (broad SMARTS) is 1. The van der Waals surface area contributed by atoms with E-state index >= 15 is 0 Å². The van der Waals surface area contributed by atoms with Crippen LogP contribution in [0.3, 0.4) is 0 Å². The van der Waals surface area contributed by atoms with Crippen LogP contribution in [-0.2, 0) is 16.0 Å². The first kappa shape index (κ1) is 15.3. The fraction of sp³-hybridized carbons (Fsp3) is 0.353. The van der Waals surface area contributed by atoms with Crippen LogP contribution >= 0.6 is 0 Å². The number of aliphatic carboxylic acids is 1. The molecule has 0 aliphatic carbocycles. The van der Waals surface area contributed by atoms with E-state index in [1.165, 1.54) is 0 Å². The number of aromatic nitrogens is 1. The molecule has 1 aromatic carbocycles. The van der Waals surface area contributed by atoms with Crippen molar-refractivity contribution in [1.82, 2.24) is 9.88 Å². The van der Waals surface area contributed by atoms with Crippen molar-refractivity contribution < 1.29 is 14.7 Å². The Kier molecular flexibility index (Phi) is 4.14. The minimum absolute atomic E-state index is 0.00358. The topological polar surface area (TPSA) is 96.5 Å². The van der Waals surface area contributed by atoms with Gasteiger partial charge in [0.05, 0.1) is 23.5 Å². The van der Waals surface area contributed by atoms with Gasteiger partial charge in [0.25, 0.3) is 0 Å². The van der Waals surface area contributed by atoms with Crippen LogP contribution in [0.4, 0.5) is 5.69 Å². The molecule has 0 saturated carbocycles. The Balaban J connectivity index is 1.66. The third-order valence-electron chi connectivity index (χ3n) is 4.30. The minimum atomic E-state index is -0.771. The van der Waals surface area contributed by atoms with Crippen molar-refractivity contribution >= 4 is 28.5 Å². The average molecular weight is 313 g/mol. The summed E-state index contributed by atoms with van der Waals surface area (Å²) in [5.41, 5.74) is 7.96. The third kappa shape index (κ3) is 3.41. The first-order valence-electron chi connectivity index (χ1n) is 7.68. The van der Waals surface area contributed by atoms with Crippen molar-refractivity contribution in [3.63, 3.8) is 0 Å². The highest BCUT2D eigenvalue weighted by Crippen LogP contribution is 2.19. The van der Waals surface area contributed by atoms with Crippen molar-refractivity contribution in [3.8, 4) is 0 Å². The van der Waals surface area contributed by atoms with E-state index in [9.17, 15) is 9.59 Å². The van der Waals surface area contributed by atoms with Gasteiger partial charge in [0.15, 0.2) is 0 Å². The predicted octanol–water partition coefficient (Wildman–Crippen LogP) is 1.68. The molecule has 1 aliphatic heterocycles. The Morgan fingerprint density at radius 2 is 1.96 bits per heavy atom. The second kappa shape index (κ2) is 6.24. The van der Waals surface area contributed by atoms with E-state index in [4.69, 9.17) is 10.8 Å². The first-order valence-corrected chi connectivity index (χ1v) is 7.68. The van der Waals surface area contributed by atoms with Gasteiger partial charge >= 0.3 is 5.97 Å². The fourth-order valence-corrected chi connectivity index (χ4v) is 2.93. The normalized spacial score (nSPS) is 15.7. The van der Waals surface area contributed by atoms with E-state index < -0.39 is 5.97 Å². The van der Waals surface area contributed by atoms with Crippen LogP contribution in [0.1, 0.15) is 18.5 Å². The van der Waals surface area contributed by atoms with Crippen LogP contribution in [0.15, 0.2) is 30.3 Å². The maximum atomic E-state index is 12.4. The largest absolute Gasteiger partial charge is 0.481 e. The van der Waals surface area contributed by atoms with E-state index in [2.05, 4.69) is 4.98 Å². The van der Waals surface area contributed by atoms with Gasteiger partial charge in [-0.3, -0.25) is 14.6 Å². The predicted molar refractivity (Wildman–Crippen MR) is 86.8 cm³/mol. The number of nitrogens with zero attached hydrogens (tertiary/aromatic N) is 2. The van der Waals surface area contributed by atoms with Gasteiger partial charge < -0.3 is 15.7 Å². The number of piperidine rings is 1. The van der Waals surface area contributed by atoms with Crippen LogP contribution in [0.5, 0.6) is 0 Å². The summed E-state index contributed by atoms with van der Waals surface area (Å²) in [5.74, 6) is -1.10. The summed E-state index contributed by atoms with van der Waals surface area (Å²) >= 11 is 0. The summed E-state index contributed by atoms with van der Waals surface area (Å²) in [6, 6.07) is 9.24. The fourth-order valence-electron chi connectivity index (χ4n) is 2.93. The molecule has 0 bridgehead atoms. The maximum absolute atomic E-state index is 12.4. The Morgan fingerprint density at radius 1 is 1.22 bits per heavy atom. The Labute approximate surface area is 133 Å². The zero-order valence-electron chi connectivity index (χ0n) is 12.7. The molecular weight excluding hydrogens is 294 g/mol. The first-order chi connectivity index (χ1) is 11.0. The number of rotatable bonds is 3. The van der Waals surface area contributed by atoms with Crippen molar-refractivity contribution in [2.45, 2.75) is 19.3 Å². The Morgan fingerprint density at radius 3 is 2.65 bits per heavy atom. The number of pyridine rings is 1. The summed E-state index contributed by atoms with van der Waals surface area (Å²) in [6.07, 6.45) is 1.27. The molecule has 0 radical (unpaired) electrons. The highest BCUT2D eigenvalue weighted by molar-refractivity contribution is 5.83. The summed E-state index contributed by atoms with van der Waals surface area (Å²) < 4.78 is 0. The van der Waals surface area contributed by atoms with Crippen LogP contribution in [0.25, 0.3) is 10.9 Å². The molecule has 0 spiro atoms. The number of carboxylic acids is 1. The Hall–Kier alpha value is -2.63. The number of likely N-dealkylation sites (tertiary alicyclic amines) is 1. The van der Waals surface area contributed by atoms with Gasteiger partial charge in [0, 0.05) is 24.2 Å². The van der Waals surface area contributed by atoms with E-state index in [1.54, 1.807) is 11.0 Å². The average Bonchev–Trinajstić information content (AvgIpc) is 2.55. The monoisotopic (exact) mass is 313 g/mol. The number of anilines is 1. The lowest BCUT2D eigenvalue weighted by Crippen LogP contribution is -2.41. The van der Waals surface area contributed by atoms with Gasteiger partial charge in [0.2, 0.25) is 5.91 Å². The Bertz CT molecular complexity index is 752. The maximum Gasteiger partial charge on any atom is 0.306 e. The molecule has 3 N–H and O–H groups in total. The summed E-state index contributed by atoms with van der Waals surface area (Å²) in [5, 5.41) is 9.94. The van der Waals surface area contributed by atoms with Gasteiger partial charge in [-0.15, -0.1) is 0 Å². The molecule has 1 fully saturated rings. The number of fused-ring (bicyclic) bond motifs is 1. The molecule has 23 heavy (non-hydrogen) atoms. The summed E-state index contributed by atoms with van der Waals surface area (Å²) in [6.45, 7) is 1.000. The molecule has 2 aromatic rings. The van der Waals surface area contributed by atoms with Crippen molar-refractivity contribution in [2.75, 3.05) is 18.8 Å². The number of amides is 1. The van der Waals surface area contributed by atoms with Crippen LogP contribution in [0, 0.1) is 5.92 Å². The van der Waals surface area contributed by atoms with Gasteiger partial charge in [-0.05, 0) is 37.1 Å². The molecule has 3 rings (SSSR count). The lowest BCUT2D eigenvalue weighted by Gasteiger charge is -2.30. The molecule has 0 unspecified atom stereocenters. The van der Waals surface area contributed by atoms with Crippen LogP contribution in [0.2, 0.25) is 0 Å². The number of hydrogen-bond donors (Lipinski definition) is 2. The SMILES string of the molecule is Nc1ccc2nc(CC(=O)N3CCC(C(=O)O)CC3)ccc2c1. The van der Waals surface area contributed by atoms with E-state index in [-0.39, 0.29) is 18.2 Å². The number of hydrogen-bond acceptors (Lipinski definition) is 4. The van der Waals surface area contributed by atoms with Crippen LogP contribution in [-0.4, -0.2) is 40.0 Å². The molecule has 6 nitrogen and oxygen atoms in total. The molecule has 2 heterocycles. The van der Waals surface area contributed by atoms with Gasteiger partial charge in [-0.25, -0.2) is 0 Å². The highest BCUT2D eigenvalue weighted by Gasteiger charge is 2.27. The van der Waals surface area contributed by atoms with E-state index in [0.717, 1.165) is 10.9 Å². The number of carbonyl (C=O) groups excluding carboxylic acids is 1. The highest BCUT2D eigenvalue weighted by atomic mass is 16.4. The van der Waals surface area contributed by atoms with E-state index in [0.29, 0.717) is 37.3 Å².